The molecule has 1 fully saturated rings. The lowest BCUT2D eigenvalue weighted by molar-refractivity contribution is -0.128. The second kappa shape index (κ2) is 28.8. The first-order valence-corrected chi connectivity index (χ1v) is 24.2. The lowest BCUT2D eigenvalue weighted by atomic mass is 9.90. The minimum atomic E-state index is -0.985. The number of nitrogens with one attached hydrogen (secondary N) is 2. The maximum Gasteiger partial charge on any atom is 0.269 e. The zero-order valence-electron chi connectivity index (χ0n) is 37.7. The highest BCUT2D eigenvalue weighted by molar-refractivity contribution is 7.96. The third-order valence-corrected chi connectivity index (χ3v) is 11.2. The van der Waals surface area contributed by atoms with Gasteiger partial charge in [-0.25, -0.2) is 14.5 Å². The van der Waals surface area contributed by atoms with E-state index in [1.165, 1.54) is 44.0 Å². The van der Waals surface area contributed by atoms with E-state index in [0.717, 1.165) is 42.8 Å². The van der Waals surface area contributed by atoms with E-state index in [9.17, 15) is 19.8 Å². The van der Waals surface area contributed by atoms with Gasteiger partial charge in [0.05, 0.1) is 65.4 Å². The van der Waals surface area contributed by atoms with Crippen molar-refractivity contribution in [1.82, 2.24) is 21.0 Å². The molecule has 1 aliphatic rings. The maximum absolute atomic E-state index is 12.6. The van der Waals surface area contributed by atoms with Crippen LogP contribution >= 0.6 is 30.6 Å². The van der Waals surface area contributed by atoms with Crippen molar-refractivity contribution in [2.75, 3.05) is 19.9 Å². The Hall–Kier alpha value is -6.10. The van der Waals surface area contributed by atoms with Crippen molar-refractivity contribution in [3.8, 4) is 17.5 Å². The summed E-state index contributed by atoms with van der Waals surface area (Å²) in [5, 5.41) is 38.4. The first-order chi connectivity index (χ1) is 32.2. The molecule has 0 bridgehead atoms. The van der Waals surface area contributed by atoms with Crippen LogP contribution in [-0.4, -0.2) is 64.3 Å². The van der Waals surface area contributed by atoms with Crippen LogP contribution < -0.4 is 10.9 Å². The summed E-state index contributed by atoms with van der Waals surface area (Å²) in [6, 6.07) is 21.7. The molecule has 2 amide bonds. The highest BCUT2D eigenvalue weighted by Gasteiger charge is 2.28. The van der Waals surface area contributed by atoms with Crippen LogP contribution in [0.4, 0.5) is 17.1 Å². The van der Waals surface area contributed by atoms with Crippen LogP contribution in [0, 0.1) is 37.0 Å². The van der Waals surface area contributed by atoms with Gasteiger partial charge in [0.1, 0.15) is 0 Å². The molecule has 1 saturated heterocycles. The molecule has 2 heterocycles. The number of hydrogen-bond donors (Lipinski definition) is 4. The Balaban J connectivity index is 0.000000305. The van der Waals surface area contributed by atoms with E-state index in [1.54, 1.807) is 49.4 Å². The summed E-state index contributed by atoms with van der Waals surface area (Å²) in [7, 11) is 1.00. The Kier molecular flexibility index (Phi) is 23.8. The zero-order chi connectivity index (χ0) is 49.5. The minimum absolute atomic E-state index is 0.192. The summed E-state index contributed by atoms with van der Waals surface area (Å²) in [6.07, 6.45) is 2.74. The van der Waals surface area contributed by atoms with E-state index in [2.05, 4.69) is 47.4 Å². The van der Waals surface area contributed by atoms with Crippen LogP contribution in [0.25, 0.3) is 26.0 Å². The molecular weight excluding hydrogens is 931 g/mol. The van der Waals surface area contributed by atoms with Gasteiger partial charge < -0.3 is 19.4 Å². The molecule has 348 valence electrons. The van der Waals surface area contributed by atoms with E-state index < -0.39 is 35.9 Å². The molecule has 1 aliphatic heterocycles. The molecule has 6 rings (SSSR count). The van der Waals surface area contributed by atoms with Gasteiger partial charge in [-0.2, -0.15) is 5.26 Å². The number of rotatable bonds is 12. The molecule has 4 N–H and O–H groups in total. The van der Waals surface area contributed by atoms with Crippen LogP contribution in [0.1, 0.15) is 90.5 Å². The van der Waals surface area contributed by atoms with Crippen molar-refractivity contribution in [2.24, 2.45) is 5.92 Å². The molecular formula is C49H51Cl2N8O6PS. The number of ether oxygens (including phenoxy) is 1. The number of nitrogens with zero attached hydrogens (tertiary/aromatic N) is 6. The van der Waals surface area contributed by atoms with E-state index in [0.29, 0.717) is 69.3 Å². The van der Waals surface area contributed by atoms with Crippen molar-refractivity contribution in [3.63, 3.8) is 0 Å². The fourth-order valence-corrected chi connectivity index (χ4v) is 7.43. The number of aromatic nitrogens is 2. The molecule has 67 heavy (non-hydrogen) atoms. The fourth-order valence-electron chi connectivity index (χ4n) is 6.71. The van der Waals surface area contributed by atoms with Gasteiger partial charge in [-0.05, 0) is 113 Å². The standard InChI is InChI=1S/C22H21ClN4O3.C22H19ClN4O2.C4H8O.CH3PS/c1-4-17-16(9-10-19(25-3)20(17)23)11-18(13(2)28)22(30)27-26-21(29)15-7-5-14(12-24)6-8-15;1-5-17-15(8-11-19(25-4)20(17)23)12-18(13(2)28)22-27-26-21(29-22)14-6-9-16(24-3)10-7-14;1-2-4-5-3-1;1-2-3/h5-10,13,18,28H,4,11H2,1-2H3,(H,26,29)(H,27,30);6-11,13,18,28H,5,12H2,1-2H3;1-4H2;1H3/t2*13-,18+;;/m00../s1. The van der Waals surface area contributed by atoms with Crippen LogP contribution in [0.2, 0.25) is 10.0 Å². The van der Waals surface area contributed by atoms with Crippen molar-refractivity contribution in [1.29, 1.82) is 5.26 Å². The molecule has 18 heteroatoms. The average molecular weight is 982 g/mol. The fraction of sp³-hybridized carbons (Fsp3) is 0.347. The summed E-state index contributed by atoms with van der Waals surface area (Å²) in [6.45, 7) is 32.4. The molecule has 0 spiro atoms. The molecule has 0 radical (unpaired) electrons. The first-order valence-electron chi connectivity index (χ1n) is 21.1. The number of aliphatic hydroxyl groups excluding tert-OH is 2. The maximum atomic E-state index is 12.6. The summed E-state index contributed by atoms with van der Waals surface area (Å²) in [5.41, 5.74) is 10.7. The Morgan fingerprint density at radius 2 is 1.36 bits per heavy atom. The first kappa shape index (κ1) is 55.2. The Morgan fingerprint density at radius 1 is 0.821 bits per heavy atom. The molecule has 1 aromatic heterocycles. The van der Waals surface area contributed by atoms with Gasteiger partial charge in [0, 0.05) is 24.3 Å². The summed E-state index contributed by atoms with van der Waals surface area (Å²) >= 11 is 17.0. The van der Waals surface area contributed by atoms with Gasteiger partial charge in [0.2, 0.25) is 29.1 Å². The number of aliphatic hydroxyl groups is 2. The number of carbonyl (C=O) groups excluding carboxylic acids is 2. The average Bonchev–Trinajstić information content (AvgIpc) is 4.09. The normalized spacial score (nSPS) is 13.1. The van der Waals surface area contributed by atoms with Crippen LogP contribution in [0.15, 0.2) is 77.2 Å². The van der Waals surface area contributed by atoms with Gasteiger partial charge in [0.15, 0.2) is 5.69 Å². The molecule has 4 aromatic carbocycles. The summed E-state index contributed by atoms with van der Waals surface area (Å²) < 4.78 is 10.8. The molecule has 0 saturated carbocycles. The van der Waals surface area contributed by atoms with Crippen LogP contribution in [0.5, 0.6) is 0 Å². The Bertz CT molecular complexity index is 2610. The van der Waals surface area contributed by atoms with Gasteiger partial charge >= 0.3 is 0 Å². The van der Waals surface area contributed by atoms with Crippen molar-refractivity contribution in [2.45, 2.75) is 84.3 Å². The number of hydrogen-bond acceptors (Lipinski definition) is 10. The Labute approximate surface area is 408 Å². The number of amides is 2. The molecule has 5 aromatic rings. The molecule has 4 atom stereocenters. The lowest BCUT2D eigenvalue weighted by Gasteiger charge is -2.21. The van der Waals surface area contributed by atoms with Crippen LogP contribution in [-0.2, 0) is 47.0 Å². The number of hydrazine groups is 1. The molecule has 0 unspecified atom stereocenters. The number of halogens is 2. The minimum Gasteiger partial charge on any atom is -0.420 e. The smallest absolute Gasteiger partial charge is 0.269 e. The monoisotopic (exact) mass is 980 g/mol. The zero-order valence-corrected chi connectivity index (χ0v) is 40.9. The second-order valence-electron chi connectivity index (χ2n) is 14.8. The van der Waals surface area contributed by atoms with E-state index in [1.807, 2.05) is 32.6 Å². The largest absolute Gasteiger partial charge is 0.420 e. The number of benzene rings is 4. The van der Waals surface area contributed by atoms with Gasteiger partial charge in [-0.15, -0.1) is 10.2 Å². The third-order valence-electron chi connectivity index (χ3n) is 10.4. The molecule has 14 nitrogen and oxygen atoms in total. The van der Waals surface area contributed by atoms with E-state index in [4.69, 9.17) is 57.3 Å². The topological polar surface area (TPSA) is 184 Å². The van der Waals surface area contributed by atoms with Gasteiger partial charge in [-0.3, -0.25) is 20.4 Å². The Morgan fingerprint density at radius 3 is 1.79 bits per heavy atom. The number of carbonyl (C=O) groups is 2. The van der Waals surface area contributed by atoms with Gasteiger partial charge in [0.25, 0.3) is 5.91 Å². The quantitative estimate of drug-likeness (QED) is 0.0533. The highest BCUT2D eigenvalue weighted by Crippen LogP contribution is 2.36. The summed E-state index contributed by atoms with van der Waals surface area (Å²) in [5.74, 6) is -1.70. The van der Waals surface area contributed by atoms with Crippen LogP contribution in [0.3, 0.4) is 0 Å². The van der Waals surface area contributed by atoms with E-state index >= 15 is 0 Å². The third kappa shape index (κ3) is 16.3. The van der Waals surface area contributed by atoms with Gasteiger partial charge in [-0.1, -0.05) is 97.4 Å². The summed E-state index contributed by atoms with van der Waals surface area (Å²) in [4.78, 5) is 35.0. The van der Waals surface area contributed by atoms with Crippen molar-refractivity contribution < 1.29 is 29.0 Å². The van der Waals surface area contributed by atoms with Crippen molar-refractivity contribution in [3.05, 3.63) is 156 Å². The number of nitriles is 1. The highest BCUT2D eigenvalue weighted by atomic mass is 35.5. The van der Waals surface area contributed by atoms with Crippen molar-refractivity contribution >= 4 is 71.2 Å². The predicted molar refractivity (Wildman–Crippen MR) is 264 cm³/mol. The van der Waals surface area contributed by atoms with E-state index in [-0.39, 0.29) is 12.0 Å². The SMILES string of the molecule is C1CCOC1.CP=S.[C-]#[N+]c1ccc(-c2nnc([C@H](Cc3ccc([N+]#[C-])c(Cl)c3CC)[C@H](C)O)o2)cc1.[C-]#[N+]c1ccc(C[C@@H](C(=O)NNC(=O)c2ccc(C#N)cc2)[C@H](C)O)c(CC)c1Cl. The second-order valence-corrected chi connectivity index (χ2v) is 17.1. The molecule has 0 aliphatic carbocycles. The predicted octanol–water partition coefficient (Wildman–Crippen LogP) is 10.9. The lowest BCUT2D eigenvalue weighted by Crippen LogP contribution is -2.47.